The van der Waals surface area contributed by atoms with E-state index in [0.29, 0.717) is 43.1 Å². The molecule has 230 valence electrons. The molecule has 0 radical (unpaired) electrons. The lowest BCUT2D eigenvalue weighted by molar-refractivity contribution is -0.160. The highest BCUT2D eigenvalue weighted by Crippen LogP contribution is 2.47. The van der Waals surface area contributed by atoms with E-state index in [1.54, 1.807) is 12.1 Å². The molecule has 1 fully saturated rings. The fourth-order valence-corrected chi connectivity index (χ4v) is 7.87. The number of aliphatic hydroxyl groups is 2. The van der Waals surface area contributed by atoms with E-state index >= 15 is 0 Å². The molecule has 0 saturated heterocycles. The van der Waals surface area contributed by atoms with Gasteiger partial charge < -0.3 is 29.9 Å². The van der Waals surface area contributed by atoms with Gasteiger partial charge in [0.25, 0.3) is 0 Å². The molecule has 2 aliphatic carbocycles. The number of carbonyl (C=O) groups is 1. The van der Waals surface area contributed by atoms with Gasteiger partial charge in [-0.2, -0.15) is 0 Å². The summed E-state index contributed by atoms with van der Waals surface area (Å²) in [7, 11) is 1.87. The smallest absolute Gasteiger partial charge is 0.340 e. The Balaban J connectivity index is 1.46. The fourth-order valence-electron chi connectivity index (χ4n) is 7.67. The van der Waals surface area contributed by atoms with E-state index in [-0.39, 0.29) is 29.7 Å². The second-order valence-corrected chi connectivity index (χ2v) is 13.7. The summed E-state index contributed by atoms with van der Waals surface area (Å²) in [5.74, 6) is -0.219. The van der Waals surface area contributed by atoms with E-state index in [0.717, 1.165) is 42.8 Å². The van der Waals surface area contributed by atoms with Crippen molar-refractivity contribution >= 4 is 23.3 Å². The number of anilines is 1. The fraction of sp³-hybridized carbons (Fsp3) is 0.514. The van der Waals surface area contributed by atoms with Crippen molar-refractivity contribution in [1.29, 1.82) is 0 Å². The van der Waals surface area contributed by atoms with Crippen molar-refractivity contribution in [2.45, 2.75) is 75.0 Å². The van der Waals surface area contributed by atoms with Gasteiger partial charge in [-0.25, -0.2) is 4.79 Å². The first kappa shape index (κ1) is 30.0. The number of ether oxygens (including phenoxy) is 1. The highest BCUT2D eigenvalue weighted by molar-refractivity contribution is 6.30. The number of aliphatic hydroxyl groups excluding tert-OH is 1. The highest BCUT2D eigenvalue weighted by atomic mass is 35.5. The second kappa shape index (κ2) is 11.5. The Morgan fingerprint density at radius 3 is 2.74 bits per heavy atom. The topological polar surface area (TPSA) is 93.5 Å². The van der Waals surface area contributed by atoms with E-state index in [2.05, 4.69) is 23.6 Å². The summed E-state index contributed by atoms with van der Waals surface area (Å²) in [5, 5.41) is 34.1. The number of hydrogen-bond donors (Lipinski definition) is 3. The van der Waals surface area contributed by atoms with Crippen LogP contribution in [0, 0.1) is 11.8 Å². The molecule has 1 saturated carbocycles. The Morgan fingerprint density at radius 2 is 2.00 bits per heavy atom. The van der Waals surface area contributed by atoms with Crippen LogP contribution in [0.5, 0.6) is 5.75 Å². The number of carboxylic acid groups (broad SMARTS) is 1. The van der Waals surface area contributed by atoms with Gasteiger partial charge in [-0.1, -0.05) is 42.5 Å². The molecule has 6 atom stereocenters. The molecule has 0 unspecified atom stereocenters. The third-order valence-corrected chi connectivity index (χ3v) is 10.9. The molecule has 4 aliphatic rings. The van der Waals surface area contributed by atoms with Crippen LogP contribution < -0.4 is 9.64 Å². The zero-order chi connectivity index (χ0) is 30.5. The van der Waals surface area contributed by atoms with Gasteiger partial charge in [-0.15, -0.1) is 0 Å². The van der Waals surface area contributed by atoms with Gasteiger partial charge in [0.15, 0.2) is 5.60 Å². The number of nitrogens with zero attached hydrogens (tertiary/aromatic N) is 2. The Kier molecular flexibility index (Phi) is 8.03. The molecule has 6 rings (SSSR count). The first-order valence-corrected chi connectivity index (χ1v) is 15.9. The van der Waals surface area contributed by atoms with Gasteiger partial charge in [-0.3, -0.25) is 0 Å². The van der Waals surface area contributed by atoms with E-state index in [1.807, 2.05) is 43.2 Å². The number of benzene rings is 2. The van der Waals surface area contributed by atoms with Gasteiger partial charge in [-0.05, 0) is 98.2 Å². The quantitative estimate of drug-likeness (QED) is 0.361. The molecule has 7 nitrogen and oxygen atoms in total. The zero-order valence-corrected chi connectivity index (χ0v) is 25.9. The van der Waals surface area contributed by atoms with Crippen LogP contribution in [0.4, 0.5) is 5.69 Å². The maximum absolute atomic E-state index is 12.7. The number of aryl methyl sites for hydroxylation is 1. The van der Waals surface area contributed by atoms with Crippen LogP contribution in [0.2, 0.25) is 5.02 Å². The number of fused-ring (bicyclic) bond motifs is 4. The van der Waals surface area contributed by atoms with Crippen molar-refractivity contribution in [2.24, 2.45) is 11.8 Å². The molecule has 2 aliphatic heterocycles. The molecule has 2 aromatic carbocycles. The second-order valence-electron chi connectivity index (χ2n) is 13.3. The molecule has 1 spiro atoms. The first-order valence-electron chi connectivity index (χ1n) is 15.5. The third-order valence-electron chi connectivity index (χ3n) is 10.7. The van der Waals surface area contributed by atoms with Crippen molar-refractivity contribution in [1.82, 2.24) is 4.90 Å². The van der Waals surface area contributed by atoms with Crippen LogP contribution in [0.3, 0.4) is 0 Å². The van der Waals surface area contributed by atoms with Crippen LogP contribution in [0.25, 0.3) is 0 Å². The number of rotatable bonds is 1. The summed E-state index contributed by atoms with van der Waals surface area (Å²) in [6.07, 6.45) is 8.86. The van der Waals surface area contributed by atoms with Crippen molar-refractivity contribution in [2.75, 3.05) is 31.6 Å². The van der Waals surface area contributed by atoms with Gasteiger partial charge in [0, 0.05) is 48.7 Å². The summed E-state index contributed by atoms with van der Waals surface area (Å²) in [5.41, 5.74) is 1.69. The largest absolute Gasteiger partial charge is 0.490 e. The molecule has 8 heteroatoms. The number of halogens is 1. The maximum Gasteiger partial charge on any atom is 0.340 e. The molecule has 0 aromatic heterocycles. The van der Waals surface area contributed by atoms with Crippen LogP contribution in [0.1, 0.15) is 62.1 Å². The van der Waals surface area contributed by atoms with Gasteiger partial charge >= 0.3 is 5.97 Å². The highest BCUT2D eigenvalue weighted by Gasteiger charge is 2.45. The van der Waals surface area contributed by atoms with Gasteiger partial charge in [0.2, 0.25) is 0 Å². The lowest BCUT2D eigenvalue weighted by Gasteiger charge is -2.45. The summed E-state index contributed by atoms with van der Waals surface area (Å²) in [6.45, 7) is 8.07. The molecule has 43 heavy (non-hydrogen) atoms. The van der Waals surface area contributed by atoms with Crippen LogP contribution in [0.15, 0.2) is 60.8 Å². The monoisotopic (exact) mass is 606 g/mol. The number of carboxylic acids is 1. The Hall–Kier alpha value is -3.00. The minimum absolute atomic E-state index is 0.0134. The maximum atomic E-state index is 12.7. The summed E-state index contributed by atoms with van der Waals surface area (Å²) in [4.78, 5) is 17.0. The Bertz CT molecular complexity index is 1440. The predicted molar refractivity (Wildman–Crippen MR) is 169 cm³/mol. The normalized spacial score (nSPS) is 33.5. The van der Waals surface area contributed by atoms with E-state index in [1.165, 1.54) is 11.1 Å². The SMILES string of the molecule is C=C1C[C@](O)(C(=O)O)c2ccc3c(c2)N(C[C@@H]2CC[C@H]2[C@@H](O)/C=C/C[C@@H](C)N1C)C[C@@]1(CCCc2cc(Cl)ccc21)CO3. The standard InChI is InChI=1S/C35H43ClN2O5/c1-22-6-4-8-31(39)28-12-9-25(28)19-38-20-34(15-5-7-24-16-27(36)11-13-29(24)34)21-43-32-14-10-26(17-30(32)38)35(42,33(40)41)18-23(2)37(22)3/h4,8,10-11,13-14,16-17,22,25,28,31,39,42H,2,5-7,9,12,15,18-21H2,1,3H3,(H,40,41)/b8-4+/t22-,25+,28-,31+,34+,35-/m1/s1. The molecule has 2 heterocycles. The molecular formula is C35H43ClN2O5. The van der Waals surface area contributed by atoms with E-state index in [9.17, 15) is 20.1 Å². The van der Waals surface area contributed by atoms with Crippen LogP contribution in [-0.2, 0) is 22.2 Å². The predicted octanol–water partition coefficient (Wildman–Crippen LogP) is 5.66. The van der Waals surface area contributed by atoms with Crippen LogP contribution >= 0.6 is 11.6 Å². The summed E-state index contributed by atoms with van der Waals surface area (Å²) >= 11 is 6.41. The number of aliphatic carboxylic acids is 1. The van der Waals surface area contributed by atoms with Crippen LogP contribution in [-0.4, -0.2) is 65.1 Å². The van der Waals surface area contributed by atoms with Gasteiger partial charge in [0.05, 0.1) is 18.4 Å². The first-order chi connectivity index (χ1) is 20.5. The van der Waals surface area contributed by atoms with Crippen molar-refractivity contribution in [3.63, 3.8) is 0 Å². The zero-order valence-electron chi connectivity index (χ0n) is 25.1. The average Bonchev–Trinajstić information content (AvgIpc) is 3.11. The van der Waals surface area contributed by atoms with E-state index in [4.69, 9.17) is 16.3 Å². The molecule has 2 bridgehead atoms. The number of hydrogen-bond acceptors (Lipinski definition) is 6. The van der Waals surface area contributed by atoms with E-state index < -0.39 is 17.7 Å². The molecular weight excluding hydrogens is 564 g/mol. The summed E-state index contributed by atoms with van der Waals surface area (Å²) in [6, 6.07) is 11.5. The Labute approximate surface area is 259 Å². The third kappa shape index (κ3) is 5.45. The van der Waals surface area contributed by atoms with Gasteiger partial charge in [0.1, 0.15) is 5.75 Å². The minimum atomic E-state index is -2.16. The summed E-state index contributed by atoms with van der Waals surface area (Å²) < 4.78 is 6.59. The van der Waals surface area contributed by atoms with Crippen molar-refractivity contribution in [3.8, 4) is 5.75 Å². The van der Waals surface area contributed by atoms with Crippen molar-refractivity contribution < 1.29 is 24.9 Å². The minimum Gasteiger partial charge on any atom is -0.490 e. The molecule has 3 N–H and O–H groups in total. The van der Waals surface area contributed by atoms with Crippen molar-refractivity contribution in [3.05, 3.63) is 82.5 Å². The Morgan fingerprint density at radius 1 is 1.19 bits per heavy atom. The lowest BCUT2D eigenvalue weighted by atomic mass is 9.68. The lowest BCUT2D eigenvalue weighted by Crippen LogP contribution is -2.49. The average molecular weight is 607 g/mol. The molecule has 0 amide bonds. The molecule has 2 aromatic rings.